The standard InChI is InChI=1S/C25H36N2O6/c1-6-25(12-7-8-13-27(4)16-25)18-10-9-11-19(14-18)33-24(31)20(32-5)15-21(28)26-22(17(2)3)23(29)30/h9-11,14-15,17,22H,6-8,12-13,16H2,1-5H3,(H,26,28)(H,29,30). The number of benzene rings is 1. The number of ether oxygens (including phenoxy) is 2. The van der Waals surface area contributed by atoms with Crippen LogP contribution in [0.3, 0.4) is 0 Å². The van der Waals surface area contributed by atoms with Crippen molar-refractivity contribution in [2.24, 2.45) is 5.92 Å². The van der Waals surface area contributed by atoms with Crippen LogP contribution in [-0.4, -0.2) is 61.1 Å². The third-order valence-corrected chi connectivity index (χ3v) is 6.27. The third-order valence-electron chi connectivity index (χ3n) is 6.27. The largest absolute Gasteiger partial charge is 0.490 e. The molecule has 1 heterocycles. The van der Waals surface area contributed by atoms with Crippen molar-refractivity contribution in [2.45, 2.75) is 57.9 Å². The van der Waals surface area contributed by atoms with Crippen LogP contribution in [0.25, 0.3) is 0 Å². The summed E-state index contributed by atoms with van der Waals surface area (Å²) in [6.07, 6.45) is 5.25. The van der Waals surface area contributed by atoms with E-state index in [1.165, 1.54) is 7.11 Å². The van der Waals surface area contributed by atoms with Gasteiger partial charge in [0.2, 0.25) is 11.7 Å². The fraction of sp³-hybridized carbons (Fsp3) is 0.560. The summed E-state index contributed by atoms with van der Waals surface area (Å²) in [6.45, 7) is 7.54. The Balaban J connectivity index is 2.19. The van der Waals surface area contributed by atoms with Crippen LogP contribution < -0.4 is 10.1 Å². The molecule has 1 aliphatic rings. The number of likely N-dealkylation sites (tertiary alicyclic amines) is 1. The molecular weight excluding hydrogens is 424 g/mol. The number of nitrogens with zero attached hydrogens (tertiary/aromatic N) is 1. The summed E-state index contributed by atoms with van der Waals surface area (Å²) >= 11 is 0. The summed E-state index contributed by atoms with van der Waals surface area (Å²) in [5.74, 6) is -3.00. The van der Waals surface area contributed by atoms with Gasteiger partial charge < -0.3 is 24.8 Å². The maximum atomic E-state index is 12.7. The summed E-state index contributed by atoms with van der Waals surface area (Å²) < 4.78 is 10.6. The first-order valence-electron chi connectivity index (χ1n) is 11.4. The Morgan fingerprint density at radius 2 is 2.00 bits per heavy atom. The second kappa shape index (κ2) is 11.8. The van der Waals surface area contributed by atoms with Crippen molar-refractivity contribution in [2.75, 3.05) is 27.2 Å². The molecule has 2 N–H and O–H groups in total. The molecule has 8 heteroatoms. The van der Waals surface area contributed by atoms with Crippen molar-refractivity contribution in [3.63, 3.8) is 0 Å². The molecule has 2 unspecified atom stereocenters. The highest BCUT2D eigenvalue weighted by Crippen LogP contribution is 2.37. The summed E-state index contributed by atoms with van der Waals surface area (Å²) in [7, 11) is 3.38. The first kappa shape index (κ1) is 26.4. The van der Waals surface area contributed by atoms with Crippen LogP contribution in [0.1, 0.15) is 52.0 Å². The van der Waals surface area contributed by atoms with Gasteiger partial charge in [0.15, 0.2) is 0 Å². The normalized spacial score (nSPS) is 20.6. The van der Waals surface area contributed by atoms with E-state index in [9.17, 15) is 19.5 Å². The lowest BCUT2D eigenvalue weighted by molar-refractivity contribution is -0.142. The van der Waals surface area contributed by atoms with E-state index in [2.05, 4.69) is 30.3 Å². The van der Waals surface area contributed by atoms with E-state index in [1.54, 1.807) is 19.9 Å². The Labute approximate surface area is 195 Å². The van der Waals surface area contributed by atoms with Gasteiger partial charge >= 0.3 is 11.9 Å². The van der Waals surface area contributed by atoms with Gasteiger partial charge in [0, 0.05) is 12.0 Å². The van der Waals surface area contributed by atoms with Crippen LogP contribution in [0.4, 0.5) is 0 Å². The lowest BCUT2D eigenvalue weighted by Crippen LogP contribution is -2.43. The van der Waals surface area contributed by atoms with Gasteiger partial charge in [0.1, 0.15) is 11.8 Å². The zero-order valence-corrected chi connectivity index (χ0v) is 20.2. The van der Waals surface area contributed by atoms with Crippen LogP contribution >= 0.6 is 0 Å². The number of amides is 1. The number of carbonyl (C=O) groups excluding carboxylic acids is 2. The van der Waals surface area contributed by atoms with Crippen LogP contribution in [-0.2, 0) is 24.5 Å². The van der Waals surface area contributed by atoms with Gasteiger partial charge in [-0.05, 0) is 56.5 Å². The van der Waals surface area contributed by atoms with Gasteiger partial charge in [-0.3, -0.25) is 4.79 Å². The molecule has 182 valence electrons. The molecule has 0 bridgehead atoms. The number of likely N-dealkylation sites (N-methyl/N-ethyl adjacent to an activating group) is 1. The Kier molecular flexibility index (Phi) is 9.46. The average molecular weight is 461 g/mol. The first-order valence-corrected chi connectivity index (χ1v) is 11.4. The number of methoxy groups -OCH3 is 1. The number of nitrogens with one attached hydrogen (secondary N) is 1. The van der Waals surface area contributed by atoms with Gasteiger partial charge in [-0.1, -0.05) is 39.3 Å². The van der Waals surface area contributed by atoms with Crippen LogP contribution in [0.2, 0.25) is 0 Å². The highest BCUT2D eigenvalue weighted by molar-refractivity contribution is 5.99. The van der Waals surface area contributed by atoms with E-state index in [0.717, 1.165) is 50.4 Å². The van der Waals surface area contributed by atoms with E-state index in [0.29, 0.717) is 5.75 Å². The summed E-state index contributed by atoms with van der Waals surface area (Å²) in [5, 5.41) is 11.6. The molecule has 0 aromatic heterocycles. The molecule has 1 aliphatic heterocycles. The van der Waals surface area contributed by atoms with Crippen molar-refractivity contribution in [3.8, 4) is 5.75 Å². The van der Waals surface area contributed by atoms with E-state index in [4.69, 9.17) is 9.47 Å². The zero-order valence-electron chi connectivity index (χ0n) is 20.2. The van der Waals surface area contributed by atoms with Crippen LogP contribution in [0.15, 0.2) is 36.1 Å². The number of carboxylic acid groups (broad SMARTS) is 1. The molecule has 1 aromatic carbocycles. The predicted molar refractivity (Wildman–Crippen MR) is 125 cm³/mol. The van der Waals surface area contributed by atoms with E-state index >= 15 is 0 Å². The monoisotopic (exact) mass is 460 g/mol. The van der Waals surface area contributed by atoms with Gasteiger partial charge in [-0.15, -0.1) is 0 Å². The second-order valence-corrected chi connectivity index (χ2v) is 9.03. The molecule has 1 saturated heterocycles. The molecule has 2 atom stereocenters. The number of hydrogen-bond donors (Lipinski definition) is 2. The molecule has 0 radical (unpaired) electrons. The molecule has 1 fully saturated rings. The number of hydrogen-bond acceptors (Lipinski definition) is 6. The molecule has 1 amide bonds. The van der Waals surface area contributed by atoms with Crippen molar-refractivity contribution < 1.29 is 29.0 Å². The third kappa shape index (κ3) is 7.05. The number of carbonyl (C=O) groups is 3. The molecule has 2 rings (SSSR count). The molecular formula is C25H36N2O6. The Morgan fingerprint density at radius 1 is 1.27 bits per heavy atom. The predicted octanol–water partition coefficient (Wildman–Crippen LogP) is 3.11. The molecule has 33 heavy (non-hydrogen) atoms. The van der Waals surface area contributed by atoms with E-state index < -0.39 is 23.9 Å². The highest BCUT2D eigenvalue weighted by Gasteiger charge is 2.33. The molecule has 0 saturated carbocycles. The minimum Gasteiger partial charge on any atom is -0.490 e. The van der Waals surface area contributed by atoms with Gasteiger partial charge in [-0.2, -0.15) is 0 Å². The maximum absolute atomic E-state index is 12.7. The van der Waals surface area contributed by atoms with E-state index in [1.807, 2.05) is 12.1 Å². The molecule has 0 spiro atoms. The summed E-state index contributed by atoms with van der Waals surface area (Å²) in [4.78, 5) is 38.6. The maximum Gasteiger partial charge on any atom is 0.379 e. The van der Waals surface area contributed by atoms with Crippen LogP contribution in [0.5, 0.6) is 5.75 Å². The summed E-state index contributed by atoms with van der Waals surface area (Å²) in [5.41, 5.74) is 1.10. The zero-order chi connectivity index (χ0) is 24.6. The Bertz CT molecular complexity index is 881. The lowest BCUT2D eigenvalue weighted by Gasteiger charge is -2.35. The number of aliphatic carboxylic acids is 1. The molecule has 8 nitrogen and oxygen atoms in total. The lowest BCUT2D eigenvalue weighted by atomic mass is 9.74. The SMILES string of the molecule is CCC1(c2cccc(OC(=O)C(=CC(=O)NC(C(=O)O)C(C)C)OC)c2)CCCCN(C)C1. The van der Waals surface area contributed by atoms with Crippen molar-refractivity contribution in [1.82, 2.24) is 10.2 Å². The Morgan fingerprint density at radius 3 is 2.61 bits per heavy atom. The van der Waals surface area contributed by atoms with E-state index in [-0.39, 0.29) is 17.1 Å². The highest BCUT2D eigenvalue weighted by atomic mass is 16.6. The fourth-order valence-electron chi connectivity index (χ4n) is 4.32. The van der Waals surface area contributed by atoms with Crippen molar-refractivity contribution >= 4 is 17.8 Å². The Hall–Kier alpha value is -2.87. The average Bonchev–Trinajstić information content (AvgIpc) is 2.97. The van der Waals surface area contributed by atoms with Crippen molar-refractivity contribution in [3.05, 3.63) is 41.7 Å². The number of carboxylic acids is 1. The minimum atomic E-state index is -1.15. The van der Waals surface area contributed by atoms with Crippen molar-refractivity contribution in [1.29, 1.82) is 0 Å². The van der Waals surface area contributed by atoms with Gasteiger partial charge in [-0.25, -0.2) is 9.59 Å². The molecule has 1 aromatic rings. The number of esters is 1. The smallest absolute Gasteiger partial charge is 0.379 e. The van der Waals surface area contributed by atoms with Gasteiger partial charge in [0.05, 0.1) is 13.2 Å². The topological polar surface area (TPSA) is 105 Å². The number of rotatable bonds is 9. The second-order valence-electron chi connectivity index (χ2n) is 9.03. The summed E-state index contributed by atoms with van der Waals surface area (Å²) in [6, 6.07) is 6.43. The fourth-order valence-corrected chi connectivity index (χ4v) is 4.32. The molecule has 0 aliphatic carbocycles. The van der Waals surface area contributed by atoms with Crippen LogP contribution in [0, 0.1) is 5.92 Å². The van der Waals surface area contributed by atoms with Gasteiger partial charge in [0.25, 0.3) is 0 Å². The quantitative estimate of drug-likeness (QED) is 0.252. The first-order chi connectivity index (χ1) is 15.6. The minimum absolute atomic E-state index is 0.0177.